The van der Waals surface area contributed by atoms with E-state index < -0.39 is 17.5 Å². The Hall–Kier alpha value is -1.81. The largest absolute Gasteiger partial charge is 0.306 e. The summed E-state index contributed by atoms with van der Waals surface area (Å²) in [6.07, 6.45) is 1.92. The molecule has 1 unspecified atom stereocenters. The van der Waals surface area contributed by atoms with Crippen LogP contribution in [0, 0.1) is 17.5 Å². The summed E-state index contributed by atoms with van der Waals surface area (Å²) >= 11 is 0. The Labute approximate surface area is 115 Å². The van der Waals surface area contributed by atoms with Gasteiger partial charge in [-0.1, -0.05) is 24.3 Å². The molecule has 1 atom stereocenters. The molecular weight excluding hydrogens is 263 g/mol. The molecule has 3 rings (SSSR count). The molecule has 1 N–H and O–H groups in total. The highest BCUT2D eigenvalue weighted by Gasteiger charge is 2.21. The Kier molecular flexibility index (Phi) is 3.49. The number of hydrogen-bond acceptors (Lipinski definition) is 1. The van der Waals surface area contributed by atoms with Crippen molar-refractivity contribution < 1.29 is 13.2 Å². The van der Waals surface area contributed by atoms with E-state index in [1.807, 2.05) is 18.2 Å². The zero-order valence-corrected chi connectivity index (χ0v) is 10.8. The minimum atomic E-state index is -1.16. The Bertz CT molecular complexity index is 640. The molecule has 0 heterocycles. The van der Waals surface area contributed by atoms with Crippen molar-refractivity contribution in [1.29, 1.82) is 0 Å². The molecule has 0 radical (unpaired) electrons. The molecular formula is C16H14F3N. The smallest absolute Gasteiger partial charge is 0.161 e. The van der Waals surface area contributed by atoms with Gasteiger partial charge in [0.25, 0.3) is 0 Å². The number of rotatable bonds is 3. The van der Waals surface area contributed by atoms with Crippen molar-refractivity contribution in [2.45, 2.75) is 25.4 Å². The van der Waals surface area contributed by atoms with E-state index in [1.54, 1.807) is 0 Å². The number of halogens is 3. The maximum Gasteiger partial charge on any atom is 0.161 e. The van der Waals surface area contributed by atoms with E-state index in [4.69, 9.17) is 0 Å². The van der Waals surface area contributed by atoms with Gasteiger partial charge in [-0.25, -0.2) is 13.2 Å². The Morgan fingerprint density at radius 2 is 1.75 bits per heavy atom. The fourth-order valence-electron chi connectivity index (χ4n) is 2.70. The molecule has 104 valence electrons. The minimum absolute atomic E-state index is 0.138. The Morgan fingerprint density at radius 3 is 2.60 bits per heavy atom. The maximum absolute atomic E-state index is 13.6. The lowest BCUT2D eigenvalue weighted by molar-refractivity contribution is 0.477. The van der Waals surface area contributed by atoms with E-state index in [-0.39, 0.29) is 18.2 Å². The number of benzene rings is 2. The van der Waals surface area contributed by atoms with Gasteiger partial charge in [-0.05, 0) is 30.0 Å². The van der Waals surface area contributed by atoms with Crippen molar-refractivity contribution >= 4 is 0 Å². The lowest BCUT2D eigenvalue weighted by Gasteiger charge is -2.14. The van der Waals surface area contributed by atoms with Crippen molar-refractivity contribution in [2.75, 3.05) is 0 Å². The second-order valence-electron chi connectivity index (χ2n) is 5.03. The molecule has 0 saturated heterocycles. The van der Waals surface area contributed by atoms with Crippen LogP contribution in [-0.4, -0.2) is 0 Å². The van der Waals surface area contributed by atoms with Gasteiger partial charge in [0.1, 0.15) is 5.82 Å². The normalized spacial score (nSPS) is 17.2. The number of hydrogen-bond donors (Lipinski definition) is 1. The molecule has 4 heteroatoms. The van der Waals surface area contributed by atoms with Gasteiger partial charge in [-0.15, -0.1) is 0 Å². The first kappa shape index (κ1) is 13.2. The summed E-state index contributed by atoms with van der Waals surface area (Å²) < 4.78 is 39.5. The van der Waals surface area contributed by atoms with Gasteiger partial charge < -0.3 is 5.32 Å². The number of nitrogens with one attached hydrogen (secondary N) is 1. The number of aryl methyl sites for hydroxylation is 1. The molecule has 0 spiro atoms. The van der Waals surface area contributed by atoms with E-state index in [9.17, 15) is 13.2 Å². The van der Waals surface area contributed by atoms with Crippen molar-refractivity contribution in [3.8, 4) is 0 Å². The summed E-state index contributed by atoms with van der Waals surface area (Å²) in [7, 11) is 0. The minimum Gasteiger partial charge on any atom is -0.306 e. The molecule has 0 saturated carbocycles. The number of fused-ring (bicyclic) bond motifs is 1. The quantitative estimate of drug-likeness (QED) is 0.839. The molecule has 2 aromatic carbocycles. The lowest BCUT2D eigenvalue weighted by Crippen LogP contribution is -2.19. The first-order valence-corrected chi connectivity index (χ1v) is 6.60. The Morgan fingerprint density at radius 1 is 1.00 bits per heavy atom. The topological polar surface area (TPSA) is 12.0 Å². The van der Waals surface area contributed by atoms with Crippen LogP contribution in [-0.2, 0) is 13.0 Å². The SMILES string of the molecule is Fc1cc(F)c(CNC2CCc3ccccc32)cc1F. The summed E-state index contributed by atoms with van der Waals surface area (Å²) in [5.74, 6) is -2.89. The van der Waals surface area contributed by atoms with E-state index in [2.05, 4.69) is 11.4 Å². The average molecular weight is 277 g/mol. The van der Waals surface area contributed by atoms with Crippen LogP contribution in [0.4, 0.5) is 13.2 Å². The lowest BCUT2D eigenvalue weighted by atomic mass is 10.1. The van der Waals surface area contributed by atoms with Crippen LogP contribution in [0.15, 0.2) is 36.4 Å². The molecule has 20 heavy (non-hydrogen) atoms. The van der Waals surface area contributed by atoms with Gasteiger partial charge in [-0.2, -0.15) is 0 Å². The summed E-state index contributed by atoms with van der Waals surface area (Å²) in [6.45, 7) is 0.183. The molecule has 0 fully saturated rings. The van der Waals surface area contributed by atoms with Crippen molar-refractivity contribution in [3.63, 3.8) is 0 Å². The van der Waals surface area contributed by atoms with Crippen molar-refractivity contribution in [3.05, 3.63) is 70.5 Å². The molecule has 2 aromatic rings. The molecule has 1 aliphatic carbocycles. The third-order valence-corrected chi connectivity index (χ3v) is 3.76. The van der Waals surface area contributed by atoms with E-state index in [0.717, 1.165) is 18.9 Å². The van der Waals surface area contributed by atoms with Crippen LogP contribution < -0.4 is 5.32 Å². The van der Waals surface area contributed by atoms with Crippen LogP contribution in [0.1, 0.15) is 29.2 Å². The van der Waals surface area contributed by atoms with Crippen molar-refractivity contribution in [1.82, 2.24) is 5.32 Å². The summed E-state index contributed by atoms with van der Waals surface area (Å²) in [5, 5.41) is 3.21. The standard InChI is InChI=1S/C16H14F3N/c17-13-8-15(19)14(18)7-11(13)9-20-16-6-5-10-3-1-2-4-12(10)16/h1-4,7-8,16,20H,5-6,9H2. The van der Waals surface area contributed by atoms with Crippen molar-refractivity contribution in [2.24, 2.45) is 0 Å². The highest BCUT2D eigenvalue weighted by molar-refractivity contribution is 5.34. The second-order valence-corrected chi connectivity index (χ2v) is 5.03. The van der Waals surface area contributed by atoms with Crippen LogP contribution >= 0.6 is 0 Å². The van der Waals surface area contributed by atoms with Gasteiger partial charge in [0.05, 0.1) is 0 Å². The fourth-order valence-corrected chi connectivity index (χ4v) is 2.70. The first-order valence-electron chi connectivity index (χ1n) is 6.60. The predicted octanol–water partition coefficient (Wildman–Crippen LogP) is 3.88. The molecule has 1 aliphatic rings. The molecule has 0 bridgehead atoms. The Balaban J connectivity index is 1.74. The zero-order valence-electron chi connectivity index (χ0n) is 10.8. The maximum atomic E-state index is 13.6. The predicted molar refractivity (Wildman–Crippen MR) is 70.7 cm³/mol. The highest BCUT2D eigenvalue weighted by atomic mass is 19.2. The van der Waals surface area contributed by atoms with E-state index >= 15 is 0 Å². The average Bonchev–Trinajstić information content (AvgIpc) is 2.85. The van der Waals surface area contributed by atoms with E-state index in [0.29, 0.717) is 6.07 Å². The fraction of sp³-hybridized carbons (Fsp3) is 0.250. The summed E-state index contributed by atoms with van der Waals surface area (Å²) in [4.78, 5) is 0. The molecule has 0 aliphatic heterocycles. The van der Waals surface area contributed by atoms with Crippen LogP contribution in [0.5, 0.6) is 0 Å². The zero-order chi connectivity index (χ0) is 14.1. The van der Waals surface area contributed by atoms with Gasteiger partial charge in [0.15, 0.2) is 11.6 Å². The van der Waals surface area contributed by atoms with Crippen LogP contribution in [0.2, 0.25) is 0 Å². The van der Waals surface area contributed by atoms with Gasteiger partial charge in [-0.3, -0.25) is 0 Å². The summed E-state index contributed by atoms with van der Waals surface area (Å²) in [5.41, 5.74) is 2.64. The van der Waals surface area contributed by atoms with Gasteiger partial charge in [0.2, 0.25) is 0 Å². The molecule has 0 amide bonds. The molecule has 0 aromatic heterocycles. The van der Waals surface area contributed by atoms with Gasteiger partial charge in [0, 0.05) is 24.2 Å². The third-order valence-electron chi connectivity index (χ3n) is 3.76. The monoisotopic (exact) mass is 277 g/mol. The van der Waals surface area contributed by atoms with E-state index in [1.165, 1.54) is 11.1 Å². The van der Waals surface area contributed by atoms with Gasteiger partial charge >= 0.3 is 0 Å². The second kappa shape index (κ2) is 5.29. The van der Waals surface area contributed by atoms with Crippen LogP contribution in [0.25, 0.3) is 0 Å². The first-order chi connectivity index (χ1) is 9.65. The van der Waals surface area contributed by atoms with Crippen LogP contribution in [0.3, 0.4) is 0 Å². The third kappa shape index (κ3) is 2.43. The highest BCUT2D eigenvalue weighted by Crippen LogP contribution is 2.31. The molecule has 1 nitrogen and oxygen atoms in total. The summed E-state index contributed by atoms with van der Waals surface area (Å²) in [6, 6.07) is 9.73.